The number of nitrogens with two attached hydrogens (primary N) is 1. The molecule has 86 valence electrons. The number of fused-ring (bicyclic) bond motifs is 1. The Labute approximate surface area is 98.1 Å². The Morgan fingerprint density at radius 1 is 1.24 bits per heavy atom. The van der Waals surface area contributed by atoms with Crippen LogP contribution in [0.3, 0.4) is 0 Å². The molecule has 0 fully saturated rings. The maximum atomic E-state index is 5.49. The summed E-state index contributed by atoms with van der Waals surface area (Å²) >= 11 is 0. The monoisotopic (exact) mass is 227 g/mol. The lowest BCUT2D eigenvalue weighted by atomic mass is 10.2. The fourth-order valence-electron chi connectivity index (χ4n) is 1.92. The molecule has 0 aliphatic carbocycles. The highest BCUT2D eigenvalue weighted by molar-refractivity contribution is 5.93. The molecule has 4 N–H and O–H groups in total. The maximum absolute atomic E-state index is 5.49. The zero-order valence-corrected chi connectivity index (χ0v) is 9.27. The lowest BCUT2D eigenvalue weighted by Crippen LogP contribution is -2.03. The van der Waals surface area contributed by atoms with Gasteiger partial charge in [-0.05, 0) is 12.6 Å². The minimum absolute atomic E-state index is 0.572. The predicted molar refractivity (Wildman–Crippen MR) is 66.4 cm³/mol. The standard InChI is InChI=1S/C12H13N5/c13-6-5-11-15-12(17-16-11)9-7-14-10-4-2-1-3-8(9)10/h1-4,7,14H,5-6,13H2,(H,15,16,17). The first-order chi connectivity index (χ1) is 8.38. The summed E-state index contributed by atoms with van der Waals surface area (Å²) in [6.45, 7) is 0.572. The molecule has 0 amide bonds. The van der Waals surface area contributed by atoms with Crippen molar-refractivity contribution in [1.29, 1.82) is 0 Å². The predicted octanol–water partition coefficient (Wildman–Crippen LogP) is 1.45. The van der Waals surface area contributed by atoms with Crippen LogP contribution in [-0.2, 0) is 6.42 Å². The Hall–Kier alpha value is -2.14. The van der Waals surface area contributed by atoms with Crippen LogP contribution in [-0.4, -0.2) is 26.7 Å². The molecule has 17 heavy (non-hydrogen) atoms. The van der Waals surface area contributed by atoms with Gasteiger partial charge < -0.3 is 10.7 Å². The summed E-state index contributed by atoms with van der Waals surface area (Å²) < 4.78 is 0. The summed E-state index contributed by atoms with van der Waals surface area (Å²) in [6, 6.07) is 8.10. The van der Waals surface area contributed by atoms with Crippen molar-refractivity contribution in [3.8, 4) is 11.4 Å². The van der Waals surface area contributed by atoms with E-state index in [1.807, 2.05) is 24.4 Å². The number of aromatic amines is 2. The maximum Gasteiger partial charge on any atom is 0.183 e. The zero-order valence-electron chi connectivity index (χ0n) is 9.27. The highest BCUT2D eigenvalue weighted by atomic mass is 15.2. The molecule has 2 heterocycles. The first-order valence-electron chi connectivity index (χ1n) is 5.56. The van der Waals surface area contributed by atoms with Crippen molar-refractivity contribution in [2.75, 3.05) is 6.54 Å². The summed E-state index contributed by atoms with van der Waals surface area (Å²) in [5.74, 6) is 1.54. The highest BCUT2D eigenvalue weighted by Gasteiger charge is 2.10. The molecule has 0 aliphatic heterocycles. The molecule has 3 aromatic rings. The fourth-order valence-corrected chi connectivity index (χ4v) is 1.92. The van der Waals surface area contributed by atoms with Gasteiger partial charge in [0.25, 0.3) is 0 Å². The summed E-state index contributed by atoms with van der Waals surface area (Å²) in [6.07, 6.45) is 2.65. The molecule has 0 saturated heterocycles. The number of nitrogens with zero attached hydrogens (tertiary/aromatic N) is 2. The molecule has 0 saturated carbocycles. The third kappa shape index (κ3) is 1.70. The molecule has 3 rings (SSSR count). The number of para-hydroxylation sites is 1. The summed E-state index contributed by atoms with van der Waals surface area (Å²) in [5, 5.41) is 8.25. The average molecular weight is 227 g/mol. The second-order valence-corrected chi connectivity index (χ2v) is 3.89. The van der Waals surface area contributed by atoms with Gasteiger partial charge >= 0.3 is 0 Å². The Balaban J connectivity index is 2.07. The Morgan fingerprint density at radius 3 is 3.00 bits per heavy atom. The van der Waals surface area contributed by atoms with E-state index in [4.69, 9.17) is 5.73 Å². The Morgan fingerprint density at radius 2 is 2.12 bits per heavy atom. The summed E-state index contributed by atoms with van der Waals surface area (Å²) in [7, 11) is 0. The molecule has 2 aromatic heterocycles. The minimum atomic E-state index is 0.572. The van der Waals surface area contributed by atoms with Crippen LogP contribution in [0.25, 0.3) is 22.3 Å². The second-order valence-electron chi connectivity index (χ2n) is 3.89. The van der Waals surface area contributed by atoms with Crippen molar-refractivity contribution in [3.05, 3.63) is 36.3 Å². The van der Waals surface area contributed by atoms with E-state index in [-0.39, 0.29) is 0 Å². The largest absolute Gasteiger partial charge is 0.360 e. The first-order valence-corrected chi connectivity index (χ1v) is 5.56. The van der Waals surface area contributed by atoms with Gasteiger partial charge in [0.05, 0.1) is 0 Å². The summed E-state index contributed by atoms with van der Waals surface area (Å²) in [5.41, 5.74) is 7.59. The normalized spacial score (nSPS) is 11.1. The van der Waals surface area contributed by atoms with Crippen molar-refractivity contribution in [2.45, 2.75) is 6.42 Å². The lowest BCUT2D eigenvalue weighted by molar-refractivity contribution is 0.874. The van der Waals surface area contributed by atoms with Crippen molar-refractivity contribution >= 4 is 10.9 Å². The smallest absolute Gasteiger partial charge is 0.183 e. The molecule has 5 heteroatoms. The van der Waals surface area contributed by atoms with E-state index in [2.05, 4.69) is 26.2 Å². The molecule has 0 bridgehead atoms. The van der Waals surface area contributed by atoms with Crippen molar-refractivity contribution in [1.82, 2.24) is 20.2 Å². The number of aromatic nitrogens is 4. The van der Waals surface area contributed by atoms with Crippen LogP contribution in [0.15, 0.2) is 30.5 Å². The van der Waals surface area contributed by atoms with Crippen LogP contribution in [0.4, 0.5) is 0 Å². The number of H-pyrrole nitrogens is 2. The molecule has 0 unspecified atom stereocenters. The lowest BCUT2D eigenvalue weighted by Gasteiger charge is -1.91. The third-order valence-corrected chi connectivity index (χ3v) is 2.74. The van der Waals surface area contributed by atoms with E-state index >= 15 is 0 Å². The van der Waals surface area contributed by atoms with E-state index < -0.39 is 0 Å². The molecule has 0 atom stereocenters. The topological polar surface area (TPSA) is 83.4 Å². The van der Waals surface area contributed by atoms with Gasteiger partial charge in [0, 0.05) is 29.1 Å². The van der Waals surface area contributed by atoms with Gasteiger partial charge in [-0.3, -0.25) is 5.10 Å². The summed E-state index contributed by atoms with van der Waals surface area (Å²) in [4.78, 5) is 7.64. The van der Waals surface area contributed by atoms with Crippen LogP contribution >= 0.6 is 0 Å². The van der Waals surface area contributed by atoms with Gasteiger partial charge in [0.1, 0.15) is 5.82 Å². The number of rotatable bonds is 3. The van der Waals surface area contributed by atoms with E-state index in [1.165, 1.54) is 0 Å². The number of nitrogens with one attached hydrogen (secondary N) is 2. The van der Waals surface area contributed by atoms with Crippen molar-refractivity contribution in [2.24, 2.45) is 5.73 Å². The Bertz CT molecular complexity index is 637. The van der Waals surface area contributed by atoms with Gasteiger partial charge in [0.15, 0.2) is 5.82 Å². The number of hydrogen-bond acceptors (Lipinski definition) is 3. The van der Waals surface area contributed by atoms with Crippen molar-refractivity contribution in [3.63, 3.8) is 0 Å². The quantitative estimate of drug-likeness (QED) is 0.633. The molecule has 0 radical (unpaired) electrons. The van der Waals surface area contributed by atoms with Gasteiger partial charge in [-0.25, -0.2) is 4.98 Å². The van der Waals surface area contributed by atoms with E-state index in [0.29, 0.717) is 12.4 Å². The highest BCUT2D eigenvalue weighted by Crippen LogP contribution is 2.25. The second kappa shape index (κ2) is 4.03. The molecule has 1 aromatic carbocycles. The molecule has 5 nitrogen and oxygen atoms in total. The van der Waals surface area contributed by atoms with Gasteiger partial charge in [-0.15, -0.1) is 0 Å². The minimum Gasteiger partial charge on any atom is -0.360 e. The van der Waals surface area contributed by atoms with E-state index in [9.17, 15) is 0 Å². The van der Waals surface area contributed by atoms with E-state index in [0.717, 1.165) is 28.7 Å². The van der Waals surface area contributed by atoms with Gasteiger partial charge in [0.2, 0.25) is 0 Å². The van der Waals surface area contributed by atoms with Crippen LogP contribution in [0.2, 0.25) is 0 Å². The zero-order chi connectivity index (χ0) is 11.7. The molecule has 0 spiro atoms. The molecular weight excluding hydrogens is 214 g/mol. The fraction of sp³-hybridized carbons (Fsp3) is 0.167. The van der Waals surface area contributed by atoms with Crippen LogP contribution in [0, 0.1) is 0 Å². The van der Waals surface area contributed by atoms with Crippen LogP contribution in [0.5, 0.6) is 0 Å². The van der Waals surface area contributed by atoms with Crippen LogP contribution < -0.4 is 5.73 Å². The van der Waals surface area contributed by atoms with Crippen molar-refractivity contribution < 1.29 is 0 Å². The number of hydrogen-bond donors (Lipinski definition) is 3. The molecular formula is C12H13N5. The number of benzene rings is 1. The molecule has 0 aliphatic rings. The van der Waals surface area contributed by atoms with Gasteiger partial charge in [-0.1, -0.05) is 18.2 Å². The third-order valence-electron chi connectivity index (χ3n) is 2.74. The SMILES string of the molecule is NCCc1nc(-c2c[nH]c3ccccc23)n[nH]1. The van der Waals surface area contributed by atoms with Gasteiger partial charge in [-0.2, -0.15) is 5.10 Å². The first kappa shape index (κ1) is 10.0. The van der Waals surface area contributed by atoms with E-state index in [1.54, 1.807) is 0 Å². The Kier molecular flexibility index (Phi) is 2.38. The van der Waals surface area contributed by atoms with Crippen LogP contribution in [0.1, 0.15) is 5.82 Å². The average Bonchev–Trinajstić information content (AvgIpc) is 2.95.